The molecular formula is C28H30F3N4O3. The molecule has 3 heterocycles. The van der Waals surface area contributed by atoms with Crippen LogP contribution < -0.4 is 14.4 Å². The van der Waals surface area contributed by atoms with Gasteiger partial charge in [-0.3, -0.25) is 4.79 Å². The van der Waals surface area contributed by atoms with E-state index in [9.17, 15) is 18.0 Å². The molecule has 1 atom stereocenters. The molecule has 1 radical (unpaired) electrons. The van der Waals surface area contributed by atoms with Crippen LogP contribution in [0.25, 0.3) is 11.3 Å². The van der Waals surface area contributed by atoms with E-state index >= 15 is 0 Å². The van der Waals surface area contributed by atoms with E-state index in [4.69, 9.17) is 9.47 Å². The summed E-state index contributed by atoms with van der Waals surface area (Å²) in [6.45, 7) is 7.26. The summed E-state index contributed by atoms with van der Waals surface area (Å²) in [5.74, 6) is -0.0653. The molecular weight excluding hydrogens is 497 g/mol. The maximum Gasteiger partial charge on any atom is 0.417 e. The number of carbonyl (C=O) groups excluding carboxylic acids is 1. The fraction of sp³-hybridized carbons (Fsp3) is 0.393. The lowest BCUT2D eigenvalue weighted by atomic mass is 10.0. The molecule has 4 rings (SSSR count). The molecule has 0 saturated carbocycles. The van der Waals surface area contributed by atoms with Crippen LogP contribution >= 0.6 is 0 Å². The average Bonchev–Trinajstić information content (AvgIpc) is 2.92. The molecule has 0 unspecified atom stereocenters. The highest BCUT2D eigenvalue weighted by molar-refractivity contribution is 5.96. The second-order valence-electron chi connectivity index (χ2n) is 8.76. The molecule has 2 aromatic heterocycles. The Morgan fingerprint density at radius 2 is 1.87 bits per heavy atom. The Bertz CT molecular complexity index is 1250. The Balaban J connectivity index is 1.52. The molecule has 38 heavy (non-hydrogen) atoms. The Kier molecular flexibility index (Phi) is 8.38. The monoisotopic (exact) mass is 527 g/mol. The van der Waals surface area contributed by atoms with Crippen LogP contribution in [0.2, 0.25) is 0 Å². The van der Waals surface area contributed by atoms with E-state index in [0.29, 0.717) is 31.1 Å². The Labute approximate surface area is 220 Å². The maximum absolute atomic E-state index is 13.8. The Hall–Kier alpha value is -3.82. The number of ether oxygens (including phenoxy) is 2. The van der Waals surface area contributed by atoms with Crippen molar-refractivity contribution in [2.45, 2.75) is 39.4 Å². The zero-order valence-electron chi connectivity index (χ0n) is 21.6. The predicted octanol–water partition coefficient (Wildman–Crippen LogP) is 5.50. The highest BCUT2D eigenvalue weighted by Crippen LogP contribution is 2.36. The largest absolute Gasteiger partial charge is 0.494 e. The van der Waals surface area contributed by atoms with Crippen LogP contribution in [0.3, 0.4) is 0 Å². The minimum atomic E-state index is -4.68. The number of nitrogens with zero attached hydrogens (tertiary/aromatic N) is 4. The molecule has 1 aliphatic rings. The van der Waals surface area contributed by atoms with Crippen LogP contribution in [-0.4, -0.2) is 59.7 Å². The predicted molar refractivity (Wildman–Crippen MR) is 137 cm³/mol. The summed E-state index contributed by atoms with van der Waals surface area (Å²) in [4.78, 5) is 25.6. The third-order valence-corrected chi connectivity index (χ3v) is 6.41. The van der Waals surface area contributed by atoms with Crippen molar-refractivity contribution in [2.24, 2.45) is 0 Å². The lowest BCUT2D eigenvalue weighted by molar-refractivity contribution is -0.138. The SMILES string of the molecule is CCOc1ccc(C(=O)N2CCN(c3[c]nc(-c4cccnc4OCC)cc3)[C@H](CC)C2)c(C(F)(F)F)c1. The zero-order chi connectivity index (χ0) is 27.3. The Morgan fingerprint density at radius 1 is 1.08 bits per heavy atom. The van der Waals surface area contributed by atoms with Crippen molar-refractivity contribution in [2.75, 3.05) is 37.7 Å². The summed E-state index contributed by atoms with van der Waals surface area (Å²) in [7, 11) is 0. The van der Waals surface area contributed by atoms with E-state index in [1.54, 1.807) is 13.1 Å². The maximum atomic E-state index is 13.8. The number of hydrogen-bond donors (Lipinski definition) is 0. The molecule has 1 fully saturated rings. The van der Waals surface area contributed by atoms with Gasteiger partial charge >= 0.3 is 6.18 Å². The fourth-order valence-corrected chi connectivity index (χ4v) is 4.57. The molecule has 1 aromatic carbocycles. The number of carbonyl (C=O) groups is 1. The van der Waals surface area contributed by atoms with Crippen LogP contribution in [0.5, 0.6) is 11.6 Å². The van der Waals surface area contributed by atoms with Gasteiger partial charge in [0, 0.05) is 31.9 Å². The van der Waals surface area contributed by atoms with Gasteiger partial charge in [-0.2, -0.15) is 13.2 Å². The van der Waals surface area contributed by atoms with Gasteiger partial charge in [0.1, 0.15) is 11.9 Å². The Morgan fingerprint density at radius 3 is 2.53 bits per heavy atom. The molecule has 1 saturated heterocycles. The lowest BCUT2D eigenvalue weighted by Gasteiger charge is -2.42. The summed E-state index contributed by atoms with van der Waals surface area (Å²) in [5, 5.41) is 0. The molecule has 1 amide bonds. The van der Waals surface area contributed by atoms with Crippen molar-refractivity contribution in [3.8, 4) is 22.9 Å². The molecule has 0 bridgehead atoms. The molecule has 0 N–H and O–H groups in total. The highest BCUT2D eigenvalue weighted by Gasteiger charge is 2.38. The molecule has 7 nitrogen and oxygen atoms in total. The number of benzene rings is 1. The van der Waals surface area contributed by atoms with Crippen LogP contribution in [0.15, 0.2) is 48.7 Å². The second-order valence-corrected chi connectivity index (χ2v) is 8.76. The van der Waals surface area contributed by atoms with E-state index < -0.39 is 17.6 Å². The molecule has 0 aliphatic carbocycles. The average molecular weight is 528 g/mol. The van der Waals surface area contributed by atoms with Crippen LogP contribution in [-0.2, 0) is 6.18 Å². The van der Waals surface area contributed by atoms with E-state index in [1.165, 1.54) is 17.0 Å². The summed E-state index contributed by atoms with van der Waals surface area (Å²) >= 11 is 0. The highest BCUT2D eigenvalue weighted by atomic mass is 19.4. The minimum Gasteiger partial charge on any atom is -0.494 e. The van der Waals surface area contributed by atoms with E-state index in [1.807, 2.05) is 38.1 Å². The quantitative estimate of drug-likeness (QED) is 0.385. The van der Waals surface area contributed by atoms with Gasteiger partial charge in [0.05, 0.1) is 41.3 Å². The number of amides is 1. The molecule has 3 aromatic rings. The van der Waals surface area contributed by atoms with Crippen molar-refractivity contribution in [3.05, 3.63) is 66.0 Å². The standard InChI is InChI=1S/C28H30F3N4O3/c1-4-19-18-34(27(36)22-11-10-21(37-5-2)16-24(22)28(29,30)31)14-15-35(19)20-9-12-25(33-17-20)23-8-7-13-32-26(23)38-6-3/h7-13,16,19H,4-6,14-15,18H2,1-3H3/t19-/m1/s1. The van der Waals surface area contributed by atoms with Gasteiger partial charge < -0.3 is 19.3 Å². The molecule has 201 valence electrons. The smallest absolute Gasteiger partial charge is 0.417 e. The minimum absolute atomic E-state index is 0.0822. The van der Waals surface area contributed by atoms with Gasteiger partial charge in [-0.05, 0) is 62.7 Å². The number of anilines is 1. The lowest BCUT2D eigenvalue weighted by Crippen LogP contribution is -2.55. The number of hydrogen-bond acceptors (Lipinski definition) is 6. The molecule has 10 heteroatoms. The number of pyridine rings is 2. The fourth-order valence-electron chi connectivity index (χ4n) is 4.57. The topological polar surface area (TPSA) is 67.8 Å². The van der Waals surface area contributed by atoms with Crippen molar-refractivity contribution in [1.29, 1.82) is 0 Å². The first kappa shape index (κ1) is 27.2. The molecule has 1 aliphatic heterocycles. The van der Waals surface area contributed by atoms with Gasteiger partial charge in [0.2, 0.25) is 5.88 Å². The number of halogens is 3. The van der Waals surface area contributed by atoms with E-state index in [2.05, 4.69) is 21.1 Å². The zero-order valence-corrected chi connectivity index (χ0v) is 21.6. The summed E-state index contributed by atoms with van der Waals surface area (Å²) in [5.41, 5.74) is 0.826. The number of aromatic nitrogens is 2. The summed E-state index contributed by atoms with van der Waals surface area (Å²) in [6, 6.07) is 10.9. The van der Waals surface area contributed by atoms with Gasteiger partial charge in [-0.15, -0.1) is 0 Å². The summed E-state index contributed by atoms with van der Waals surface area (Å²) < 4.78 is 52.2. The van der Waals surface area contributed by atoms with Gasteiger partial charge in [-0.1, -0.05) is 6.92 Å². The number of alkyl halides is 3. The van der Waals surface area contributed by atoms with Crippen LogP contribution in [0.4, 0.5) is 18.9 Å². The van der Waals surface area contributed by atoms with Gasteiger partial charge in [0.25, 0.3) is 5.91 Å². The second kappa shape index (κ2) is 11.7. The van der Waals surface area contributed by atoms with Crippen LogP contribution in [0.1, 0.15) is 43.1 Å². The summed E-state index contributed by atoms with van der Waals surface area (Å²) in [6.07, 6.45) is 0.754. The first-order valence-electron chi connectivity index (χ1n) is 12.6. The third-order valence-electron chi connectivity index (χ3n) is 6.41. The van der Waals surface area contributed by atoms with Crippen molar-refractivity contribution in [3.63, 3.8) is 0 Å². The van der Waals surface area contributed by atoms with Crippen molar-refractivity contribution in [1.82, 2.24) is 14.9 Å². The van der Waals surface area contributed by atoms with Gasteiger partial charge in [-0.25, -0.2) is 9.97 Å². The number of piperazine rings is 1. The van der Waals surface area contributed by atoms with Crippen molar-refractivity contribution >= 4 is 11.6 Å². The van der Waals surface area contributed by atoms with Gasteiger partial charge in [0.15, 0.2) is 0 Å². The first-order valence-corrected chi connectivity index (χ1v) is 12.6. The first-order chi connectivity index (χ1) is 18.3. The third kappa shape index (κ3) is 5.84. The van der Waals surface area contributed by atoms with Crippen LogP contribution in [0, 0.1) is 6.20 Å². The number of rotatable bonds is 8. The normalized spacial score (nSPS) is 15.9. The van der Waals surface area contributed by atoms with E-state index in [-0.39, 0.29) is 37.1 Å². The molecule has 0 spiro atoms. The van der Waals surface area contributed by atoms with E-state index in [0.717, 1.165) is 17.3 Å². The van der Waals surface area contributed by atoms with Crippen molar-refractivity contribution < 1.29 is 27.4 Å².